The molecule has 3 heterocycles. The number of carbonyl (C=O) groups excluding carboxylic acids is 2. The average molecular weight is 248 g/mol. The maximum atomic E-state index is 12.0. The van der Waals surface area contributed by atoms with Crippen molar-refractivity contribution in [3.05, 3.63) is 22.7 Å². The first-order chi connectivity index (χ1) is 8.58. The second-order valence-electron chi connectivity index (χ2n) is 3.82. The van der Waals surface area contributed by atoms with Gasteiger partial charge in [0.05, 0.1) is 0 Å². The molecule has 92 valence electrons. The Kier molecular flexibility index (Phi) is 2.00. The Balaban J connectivity index is 2.38. The third-order valence-electron chi connectivity index (χ3n) is 2.58. The van der Waals surface area contributed by atoms with Crippen molar-refractivity contribution in [2.24, 2.45) is 0 Å². The highest BCUT2D eigenvalue weighted by molar-refractivity contribution is 6.01. The normalized spacial score (nSPS) is 13.5. The average Bonchev–Trinajstić information content (AvgIpc) is 2.56. The number of amides is 1. The SMILES string of the molecule is CC(=O)On1c(=O)n2c3c(nccc31)NC(=O)C2. The molecule has 0 saturated heterocycles. The molecule has 8 nitrogen and oxygen atoms in total. The summed E-state index contributed by atoms with van der Waals surface area (Å²) < 4.78 is 2.09. The van der Waals surface area contributed by atoms with Gasteiger partial charge in [-0.1, -0.05) is 0 Å². The summed E-state index contributed by atoms with van der Waals surface area (Å²) in [5.74, 6) is -0.676. The van der Waals surface area contributed by atoms with Crippen LogP contribution in [-0.2, 0) is 16.1 Å². The quantitative estimate of drug-likeness (QED) is 0.707. The Bertz CT molecular complexity index is 742. The summed E-state index contributed by atoms with van der Waals surface area (Å²) in [7, 11) is 0. The molecule has 8 heteroatoms. The molecule has 0 spiro atoms. The maximum absolute atomic E-state index is 12.0. The van der Waals surface area contributed by atoms with E-state index >= 15 is 0 Å². The fourth-order valence-electron chi connectivity index (χ4n) is 1.95. The van der Waals surface area contributed by atoms with E-state index in [0.29, 0.717) is 11.0 Å². The number of rotatable bonds is 1. The molecule has 0 radical (unpaired) electrons. The van der Waals surface area contributed by atoms with Crippen molar-refractivity contribution in [2.75, 3.05) is 5.32 Å². The topological polar surface area (TPSA) is 95.2 Å². The Morgan fingerprint density at radius 1 is 1.50 bits per heavy atom. The van der Waals surface area contributed by atoms with Crippen LogP contribution in [0, 0.1) is 0 Å². The predicted molar refractivity (Wildman–Crippen MR) is 59.9 cm³/mol. The first-order valence-corrected chi connectivity index (χ1v) is 5.17. The zero-order chi connectivity index (χ0) is 12.9. The van der Waals surface area contributed by atoms with E-state index in [0.717, 1.165) is 4.73 Å². The molecule has 3 rings (SSSR count). The van der Waals surface area contributed by atoms with Crippen molar-refractivity contribution < 1.29 is 14.4 Å². The fraction of sp³-hybridized carbons (Fsp3) is 0.200. The first-order valence-electron chi connectivity index (χ1n) is 5.17. The monoisotopic (exact) mass is 248 g/mol. The molecular weight excluding hydrogens is 240 g/mol. The lowest BCUT2D eigenvalue weighted by Gasteiger charge is -2.12. The standard InChI is InChI=1S/C10H8N4O4/c1-5(15)18-14-6-2-3-11-9-8(6)13(10(14)17)4-7(16)12-9/h2-3H,4H2,1H3,(H,11,12,16). The molecule has 0 saturated carbocycles. The molecule has 2 aromatic rings. The molecule has 0 aliphatic carbocycles. The molecular formula is C10H8N4O4. The van der Waals surface area contributed by atoms with E-state index in [1.807, 2.05) is 0 Å². The molecule has 0 aromatic carbocycles. The summed E-state index contributed by atoms with van der Waals surface area (Å²) in [5.41, 5.74) is 0.257. The molecule has 0 unspecified atom stereocenters. The summed E-state index contributed by atoms with van der Waals surface area (Å²) in [4.78, 5) is 43.2. The number of hydrogen-bond donors (Lipinski definition) is 1. The van der Waals surface area contributed by atoms with Crippen molar-refractivity contribution in [3.8, 4) is 0 Å². The number of aromatic nitrogens is 3. The number of nitrogens with one attached hydrogen (secondary N) is 1. The van der Waals surface area contributed by atoms with E-state index in [1.54, 1.807) is 0 Å². The summed E-state index contributed by atoms with van der Waals surface area (Å²) in [6.07, 6.45) is 1.42. The van der Waals surface area contributed by atoms with Crippen LogP contribution in [0.2, 0.25) is 0 Å². The molecule has 2 aromatic heterocycles. The van der Waals surface area contributed by atoms with Gasteiger partial charge in [-0.05, 0) is 6.07 Å². The Morgan fingerprint density at radius 3 is 3.00 bits per heavy atom. The lowest BCUT2D eigenvalue weighted by molar-refractivity contribution is -0.141. The van der Waals surface area contributed by atoms with Crippen LogP contribution < -0.4 is 15.8 Å². The van der Waals surface area contributed by atoms with Crippen LogP contribution >= 0.6 is 0 Å². The van der Waals surface area contributed by atoms with Crippen LogP contribution in [0.5, 0.6) is 0 Å². The third kappa shape index (κ3) is 1.32. The highest BCUT2D eigenvalue weighted by atomic mass is 16.7. The van der Waals surface area contributed by atoms with E-state index < -0.39 is 11.7 Å². The van der Waals surface area contributed by atoms with Crippen LogP contribution in [0.25, 0.3) is 11.0 Å². The summed E-state index contributed by atoms with van der Waals surface area (Å²) >= 11 is 0. The number of imidazole rings is 1. The molecule has 1 aliphatic heterocycles. The minimum absolute atomic E-state index is 0.123. The summed E-state index contributed by atoms with van der Waals surface area (Å²) in [6.45, 7) is 1.07. The van der Waals surface area contributed by atoms with E-state index in [4.69, 9.17) is 4.84 Å². The van der Waals surface area contributed by atoms with Gasteiger partial charge in [-0.15, -0.1) is 4.73 Å². The number of carbonyl (C=O) groups is 2. The Labute approximate surface area is 99.7 Å². The van der Waals surface area contributed by atoms with Gasteiger partial charge in [0.2, 0.25) is 5.91 Å². The second-order valence-corrected chi connectivity index (χ2v) is 3.82. The molecule has 1 aliphatic rings. The molecule has 18 heavy (non-hydrogen) atoms. The van der Waals surface area contributed by atoms with Crippen molar-refractivity contribution in [2.45, 2.75) is 13.5 Å². The Hall–Kier alpha value is -2.64. The number of anilines is 1. The minimum atomic E-state index is -0.618. The zero-order valence-electron chi connectivity index (χ0n) is 9.34. The van der Waals surface area contributed by atoms with Gasteiger partial charge in [0, 0.05) is 13.1 Å². The lowest BCUT2D eigenvalue weighted by Crippen LogP contribution is -2.35. The van der Waals surface area contributed by atoms with E-state index in [1.165, 1.54) is 23.8 Å². The highest BCUT2D eigenvalue weighted by Gasteiger charge is 2.25. The van der Waals surface area contributed by atoms with Crippen molar-refractivity contribution in [3.63, 3.8) is 0 Å². The fourth-order valence-corrected chi connectivity index (χ4v) is 1.95. The lowest BCUT2D eigenvalue weighted by atomic mass is 10.3. The second kappa shape index (κ2) is 3.42. The molecule has 1 amide bonds. The van der Waals surface area contributed by atoms with Gasteiger partial charge in [-0.2, -0.15) is 0 Å². The first kappa shape index (κ1) is 10.5. The predicted octanol–water partition coefficient (Wildman–Crippen LogP) is -0.875. The zero-order valence-corrected chi connectivity index (χ0v) is 9.34. The molecule has 0 atom stereocenters. The summed E-state index contributed by atoms with van der Waals surface area (Å²) in [5, 5.41) is 2.55. The van der Waals surface area contributed by atoms with Gasteiger partial charge >= 0.3 is 11.7 Å². The highest BCUT2D eigenvalue weighted by Crippen LogP contribution is 2.22. The van der Waals surface area contributed by atoms with Crippen LogP contribution in [-0.4, -0.2) is 26.2 Å². The van der Waals surface area contributed by atoms with Crippen LogP contribution in [0.4, 0.5) is 5.82 Å². The van der Waals surface area contributed by atoms with E-state index in [2.05, 4.69) is 10.3 Å². The van der Waals surface area contributed by atoms with E-state index in [-0.39, 0.29) is 18.3 Å². The van der Waals surface area contributed by atoms with Gasteiger partial charge < -0.3 is 10.2 Å². The van der Waals surface area contributed by atoms with Gasteiger partial charge in [0.25, 0.3) is 0 Å². The third-order valence-corrected chi connectivity index (χ3v) is 2.58. The van der Waals surface area contributed by atoms with Crippen LogP contribution in [0.15, 0.2) is 17.1 Å². The Morgan fingerprint density at radius 2 is 2.28 bits per heavy atom. The minimum Gasteiger partial charge on any atom is -0.332 e. The van der Waals surface area contributed by atoms with E-state index in [9.17, 15) is 14.4 Å². The van der Waals surface area contributed by atoms with Crippen LogP contribution in [0.3, 0.4) is 0 Å². The molecule has 1 N–H and O–H groups in total. The molecule has 0 fully saturated rings. The molecule has 0 bridgehead atoms. The number of pyridine rings is 1. The number of nitrogens with zero attached hydrogens (tertiary/aromatic N) is 3. The van der Waals surface area contributed by atoms with Crippen molar-refractivity contribution in [1.29, 1.82) is 0 Å². The summed E-state index contributed by atoms with van der Waals surface area (Å²) in [6, 6.07) is 1.54. The van der Waals surface area contributed by atoms with Gasteiger partial charge in [0.1, 0.15) is 17.6 Å². The number of hydrogen-bond acceptors (Lipinski definition) is 5. The maximum Gasteiger partial charge on any atom is 0.363 e. The smallest absolute Gasteiger partial charge is 0.332 e. The largest absolute Gasteiger partial charge is 0.363 e. The van der Waals surface area contributed by atoms with Gasteiger partial charge in [-0.25, -0.2) is 14.6 Å². The van der Waals surface area contributed by atoms with Crippen LogP contribution in [0.1, 0.15) is 6.92 Å². The van der Waals surface area contributed by atoms with Crippen molar-refractivity contribution >= 4 is 28.7 Å². The van der Waals surface area contributed by atoms with Crippen molar-refractivity contribution in [1.82, 2.24) is 14.3 Å². The van der Waals surface area contributed by atoms with Gasteiger partial charge in [0.15, 0.2) is 5.82 Å². The van der Waals surface area contributed by atoms with Gasteiger partial charge in [-0.3, -0.25) is 9.36 Å².